The number of carbonyl (C=O) groups is 1. The molecule has 2 rings (SSSR count). The van der Waals surface area contributed by atoms with E-state index in [1.54, 1.807) is 6.20 Å². The van der Waals surface area contributed by atoms with Crippen LogP contribution in [0.4, 0.5) is 0 Å². The van der Waals surface area contributed by atoms with Gasteiger partial charge >= 0.3 is 0 Å². The molecule has 0 atom stereocenters. The summed E-state index contributed by atoms with van der Waals surface area (Å²) in [5, 5.41) is 0. The zero-order valence-electron chi connectivity index (χ0n) is 8.09. The molecular formula is C10H14N3O+. The largest absolute Gasteiger partial charge is 0.306 e. The van der Waals surface area contributed by atoms with Gasteiger partial charge in [-0.15, -0.1) is 0 Å². The van der Waals surface area contributed by atoms with Gasteiger partial charge < -0.3 is 4.90 Å². The van der Waals surface area contributed by atoms with E-state index in [-0.39, 0.29) is 5.91 Å². The molecule has 4 nitrogen and oxygen atoms in total. The van der Waals surface area contributed by atoms with E-state index in [0.717, 1.165) is 13.0 Å². The van der Waals surface area contributed by atoms with Crippen LogP contribution in [0.5, 0.6) is 0 Å². The second-order valence-corrected chi connectivity index (χ2v) is 3.46. The van der Waals surface area contributed by atoms with Crippen molar-refractivity contribution >= 4 is 12.1 Å². The summed E-state index contributed by atoms with van der Waals surface area (Å²) in [6.07, 6.45) is 9.17. The number of amides is 1. The highest BCUT2D eigenvalue weighted by molar-refractivity contribution is 5.77. The summed E-state index contributed by atoms with van der Waals surface area (Å²) in [5.41, 5.74) is 0. The molecular weight excluding hydrogens is 178 g/mol. The minimum atomic E-state index is 0.254. The quantitative estimate of drug-likeness (QED) is 0.639. The number of hydrogen-bond donors (Lipinski definition) is 0. The van der Waals surface area contributed by atoms with Crippen molar-refractivity contribution in [3.63, 3.8) is 0 Å². The number of hydrogen-bond acceptors (Lipinski definition) is 1. The van der Waals surface area contributed by atoms with Crippen molar-refractivity contribution in [3.8, 4) is 0 Å². The van der Waals surface area contributed by atoms with Crippen LogP contribution >= 0.6 is 0 Å². The third kappa shape index (κ3) is 1.69. The Balaban J connectivity index is 2.03. The first kappa shape index (κ1) is 8.99. The fourth-order valence-corrected chi connectivity index (χ4v) is 1.65. The first-order valence-electron chi connectivity index (χ1n) is 4.76. The van der Waals surface area contributed by atoms with Crippen molar-refractivity contribution in [2.45, 2.75) is 19.5 Å². The molecule has 1 aliphatic heterocycles. The first-order valence-corrected chi connectivity index (χ1v) is 4.76. The molecule has 4 heteroatoms. The highest BCUT2D eigenvalue weighted by Gasteiger charge is 2.21. The molecule has 0 aliphatic carbocycles. The second kappa shape index (κ2) is 3.65. The van der Waals surface area contributed by atoms with Crippen molar-refractivity contribution in [2.75, 3.05) is 6.54 Å². The molecule has 1 aromatic heterocycles. The molecule has 2 heterocycles. The molecule has 0 N–H and O–H groups in total. The van der Waals surface area contributed by atoms with E-state index in [1.807, 2.05) is 32.8 Å². The van der Waals surface area contributed by atoms with Crippen molar-refractivity contribution in [3.05, 3.63) is 25.3 Å². The lowest BCUT2D eigenvalue weighted by Crippen LogP contribution is -2.42. The Kier molecular flexibility index (Phi) is 2.35. The molecule has 74 valence electrons. The molecule has 0 spiro atoms. The van der Waals surface area contributed by atoms with E-state index in [4.69, 9.17) is 0 Å². The van der Waals surface area contributed by atoms with Crippen LogP contribution in [0.1, 0.15) is 12.8 Å². The Bertz CT molecular complexity index is 356. The Hall–Kier alpha value is -1.58. The van der Waals surface area contributed by atoms with Gasteiger partial charge in [-0.2, -0.15) is 0 Å². The molecule has 0 unspecified atom stereocenters. The highest BCUT2D eigenvalue weighted by atomic mass is 16.2. The molecule has 1 aliphatic rings. The zero-order valence-corrected chi connectivity index (χ0v) is 8.09. The number of likely N-dealkylation sites (tertiary alicyclic amines) is 1. The highest BCUT2D eigenvalue weighted by Crippen LogP contribution is 2.08. The van der Waals surface area contributed by atoms with Crippen molar-refractivity contribution in [2.24, 2.45) is 0 Å². The third-order valence-corrected chi connectivity index (χ3v) is 2.43. The van der Waals surface area contributed by atoms with Gasteiger partial charge in [0.05, 0.1) is 6.20 Å². The van der Waals surface area contributed by atoms with Gasteiger partial charge in [-0.05, 0) is 6.42 Å². The maximum atomic E-state index is 11.3. The van der Waals surface area contributed by atoms with E-state index in [2.05, 4.69) is 6.58 Å². The number of imidazole rings is 1. The molecule has 0 aromatic carbocycles. The summed E-state index contributed by atoms with van der Waals surface area (Å²) in [6.45, 7) is 5.19. The molecule has 1 amide bonds. The van der Waals surface area contributed by atoms with Crippen molar-refractivity contribution in [1.82, 2.24) is 9.47 Å². The topological polar surface area (TPSA) is 29.1 Å². The average Bonchev–Trinajstić information content (AvgIpc) is 2.77. The smallest absolute Gasteiger partial charge is 0.249 e. The van der Waals surface area contributed by atoms with Gasteiger partial charge in [0, 0.05) is 13.0 Å². The molecule has 0 saturated carbocycles. The standard InChI is InChI=1S/C10H14N3O/c1-2-11-6-7-12(8-11)9-13-5-3-4-10(13)14/h2,6-8H,1,3-5,9H2/q+1. The minimum absolute atomic E-state index is 0.254. The summed E-state index contributed by atoms with van der Waals surface area (Å²) in [4.78, 5) is 13.2. The zero-order chi connectivity index (χ0) is 9.97. The van der Waals surface area contributed by atoms with Crippen LogP contribution in [-0.2, 0) is 11.5 Å². The summed E-state index contributed by atoms with van der Waals surface area (Å²) < 4.78 is 3.84. The van der Waals surface area contributed by atoms with E-state index in [0.29, 0.717) is 13.1 Å². The molecule has 1 saturated heterocycles. The number of aromatic nitrogens is 2. The van der Waals surface area contributed by atoms with E-state index < -0.39 is 0 Å². The lowest BCUT2D eigenvalue weighted by molar-refractivity contribution is -0.711. The SMILES string of the molecule is C=Cn1cc[n+](CN2CCCC2=O)c1. The number of nitrogens with zero attached hydrogens (tertiary/aromatic N) is 3. The molecule has 0 radical (unpaired) electrons. The minimum Gasteiger partial charge on any atom is -0.306 e. The first-order chi connectivity index (χ1) is 6.79. The average molecular weight is 192 g/mol. The molecule has 1 aromatic rings. The third-order valence-electron chi connectivity index (χ3n) is 2.43. The van der Waals surface area contributed by atoms with E-state index >= 15 is 0 Å². The molecule has 14 heavy (non-hydrogen) atoms. The van der Waals surface area contributed by atoms with Crippen LogP contribution < -0.4 is 4.57 Å². The Labute approximate surface area is 83.1 Å². The fourth-order valence-electron chi connectivity index (χ4n) is 1.65. The summed E-state index contributed by atoms with van der Waals surface area (Å²) in [5.74, 6) is 0.254. The van der Waals surface area contributed by atoms with Gasteiger partial charge in [0.2, 0.25) is 12.2 Å². The molecule has 0 bridgehead atoms. The van der Waals surface area contributed by atoms with Gasteiger partial charge in [0.1, 0.15) is 12.4 Å². The van der Waals surface area contributed by atoms with Gasteiger partial charge in [-0.25, -0.2) is 9.13 Å². The van der Waals surface area contributed by atoms with Crippen molar-refractivity contribution < 1.29 is 9.36 Å². The van der Waals surface area contributed by atoms with Crippen LogP contribution in [0.3, 0.4) is 0 Å². The van der Waals surface area contributed by atoms with Crippen LogP contribution in [-0.4, -0.2) is 21.9 Å². The second-order valence-electron chi connectivity index (χ2n) is 3.46. The van der Waals surface area contributed by atoms with Crippen LogP contribution in [0, 0.1) is 0 Å². The van der Waals surface area contributed by atoms with Crippen molar-refractivity contribution in [1.29, 1.82) is 0 Å². The lowest BCUT2D eigenvalue weighted by atomic mass is 10.4. The Morgan fingerprint density at radius 3 is 3.07 bits per heavy atom. The Morgan fingerprint density at radius 1 is 1.64 bits per heavy atom. The predicted molar refractivity (Wildman–Crippen MR) is 52.0 cm³/mol. The maximum absolute atomic E-state index is 11.3. The van der Waals surface area contributed by atoms with Gasteiger partial charge in [0.15, 0.2) is 6.67 Å². The van der Waals surface area contributed by atoms with Crippen LogP contribution in [0.15, 0.2) is 25.3 Å². The van der Waals surface area contributed by atoms with Gasteiger partial charge in [-0.3, -0.25) is 4.79 Å². The maximum Gasteiger partial charge on any atom is 0.249 e. The number of carbonyl (C=O) groups excluding carboxylic acids is 1. The fraction of sp³-hybridized carbons (Fsp3) is 0.400. The van der Waals surface area contributed by atoms with E-state index in [1.165, 1.54) is 0 Å². The van der Waals surface area contributed by atoms with Crippen LogP contribution in [0.2, 0.25) is 0 Å². The summed E-state index contributed by atoms with van der Waals surface area (Å²) in [7, 11) is 0. The van der Waals surface area contributed by atoms with E-state index in [9.17, 15) is 4.79 Å². The summed E-state index contributed by atoms with van der Waals surface area (Å²) in [6, 6.07) is 0. The monoisotopic (exact) mass is 192 g/mol. The molecule has 1 fully saturated rings. The number of rotatable bonds is 3. The normalized spacial score (nSPS) is 16.3. The van der Waals surface area contributed by atoms with Gasteiger partial charge in [-0.1, -0.05) is 6.58 Å². The Morgan fingerprint density at radius 2 is 2.50 bits per heavy atom. The van der Waals surface area contributed by atoms with Gasteiger partial charge in [0.25, 0.3) is 0 Å². The summed E-state index contributed by atoms with van der Waals surface area (Å²) >= 11 is 0. The predicted octanol–water partition coefficient (Wildman–Crippen LogP) is 0.456. The lowest BCUT2D eigenvalue weighted by Gasteiger charge is -2.11. The van der Waals surface area contributed by atoms with Crippen LogP contribution in [0.25, 0.3) is 6.20 Å².